The van der Waals surface area contributed by atoms with E-state index < -0.39 is 12.1 Å². The minimum atomic E-state index is -4.66. The number of hydrogen-bond donors (Lipinski definition) is 0. The van der Waals surface area contributed by atoms with Crippen molar-refractivity contribution in [2.24, 2.45) is 0 Å². The molecule has 4 rings (SSSR count). The van der Waals surface area contributed by atoms with Gasteiger partial charge in [-0.2, -0.15) is 18.2 Å². The zero-order chi connectivity index (χ0) is 18.9. The molecule has 0 fully saturated rings. The van der Waals surface area contributed by atoms with Crippen LogP contribution in [0.1, 0.15) is 11.5 Å². The Hall–Kier alpha value is -3.56. The first-order valence-electron chi connectivity index (χ1n) is 7.81. The van der Waals surface area contributed by atoms with Gasteiger partial charge in [0, 0.05) is 11.8 Å². The minimum absolute atomic E-state index is 0.118. The lowest BCUT2D eigenvalue weighted by molar-refractivity contribution is -0.159. The molecule has 3 aromatic heterocycles. The van der Waals surface area contributed by atoms with E-state index in [1.165, 1.54) is 0 Å². The van der Waals surface area contributed by atoms with Crippen molar-refractivity contribution in [3.05, 3.63) is 66.3 Å². The summed E-state index contributed by atoms with van der Waals surface area (Å²) in [6, 6.07) is 12.3. The summed E-state index contributed by atoms with van der Waals surface area (Å²) >= 11 is 0. The van der Waals surface area contributed by atoms with Crippen LogP contribution in [0.4, 0.5) is 13.2 Å². The molecule has 0 atom stereocenters. The number of nitrogens with zero attached hydrogens (tertiary/aromatic N) is 6. The van der Waals surface area contributed by atoms with Crippen LogP contribution >= 0.6 is 0 Å². The van der Waals surface area contributed by atoms with Crippen molar-refractivity contribution in [3.8, 4) is 22.8 Å². The summed E-state index contributed by atoms with van der Waals surface area (Å²) < 4.78 is 43.5. The molecule has 136 valence electrons. The molecule has 0 saturated heterocycles. The van der Waals surface area contributed by atoms with E-state index >= 15 is 0 Å². The lowest BCUT2D eigenvalue weighted by Crippen LogP contribution is -2.04. The van der Waals surface area contributed by atoms with E-state index in [9.17, 15) is 13.2 Å². The van der Waals surface area contributed by atoms with Crippen LogP contribution in [0.15, 0.2) is 59.4 Å². The van der Waals surface area contributed by atoms with E-state index in [4.69, 9.17) is 0 Å². The highest BCUT2D eigenvalue weighted by atomic mass is 19.4. The normalized spacial score (nSPS) is 11.7. The van der Waals surface area contributed by atoms with Gasteiger partial charge in [-0.15, -0.1) is 5.10 Å². The number of rotatable bonds is 4. The third-order valence-electron chi connectivity index (χ3n) is 3.69. The van der Waals surface area contributed by atoms with Crippen LogP contribution in [0.5, 0.6) is 0 Å². The van der Waals surface area contributed by atoms with Crippen LogP contribution in [0.2, 0.25) is 0 Å². The number of aromatic nitrogens is 6. The molecular formula is C17H11F3N6O. The summed E-state index contributed by atoms with van der Waals surface area (Å²) in [4.78, 5) is 7.58. The summed E-state index contributed by atoms with van der Waals surface area (Å²) in [5.41, 5.74) is 2.68. The fourth-order valence-corrected chi connectivity index (χ4v) is 2.41. The highest BCUT2D eigenvalue weighted by molar-refractivity contribution is 5.55. The molecule has 0 unspecified atom stereocenters. The van der Waals surface area contributed by atoms with Gasteiger partial charge in [0.2, 0.25) is 5.82 Å². The molecule has 0 N–H and O–H groups in total. The Balaban J connectivity index is 1.49. The number of halogens is 3. The first-order valence-corrected chi connectivity index (χ1v) is 7.81. The van der Waals surface area contributed by atoms with Gasteiger partial charge in [0.1, 0.15) is 5.69 Å². The van der Waals surface area contributed by atoms with E-state index in [1.54, 1.807) is 41.3 Å². The van der Waals surface area contributed by atoms with Gasteiger partial charge in [0.25, 0.3) is 0 Å². The van der Waals surface area contributed by atoms with E-state index in [-0.39, 0.29) is 5.82 Å². The van der Waals surface area contributed by atoms with Crippen LogP contribution in [-0.2, 0) is 12.7 Å². The van der Waals surface area contributed by atoms with Gasteiger partial charge < -0.3 is 4.52 Å². The molecule has 1 aromatic carbocycles. The van der Waals surface area contributed by atoms with E-state index in [0.717, 1.165) is 11.3 Å². The maximum atomic E-state index is 12.5. The average Bonchev–Trinajstić information content (AvgIpc) is 3.33. The number of pyridine rings is 1. The molecule has 10 heteroatoms. The van der Waals surface area contributed by atoms with E-state index in [0.29, 0.717) is 17.8 Å². The second kappa shape index (κ2) is 6.63. The van der Waals surface area contributed by atoms with Crippen LogP contribution in [0, 0.1) is 0 Å². The van der Waals surface area contributed by atoms with Crippen molar-refractivity contribution < 1.29 is 17.7 Å². The lowest BCUT2D eigenvalue weighted by Gasteiger charge is -2.02. The topological polar surface area (TPSA) is 82.5 Å². The Morgan fingerprint density at radius 3 is 2.48 bits per heavy atom. The van der Waals surface area contributed by atoms with Crippen molar-refractivity contribution >= 4 is 0 Å². The molecular weight excluding hydrogens is 361 g/mol. The summed E-state index contributed by atoms with van der Waals surface area (Å²) in [5, 5.41) is 11.5. The van der Waals surface area contributed by atoms with E-state index in [1.807, 2.05) is 18.2 Å². The largest absolute Gasteiger partial charge is 0.471 e. The van der Waals surface area contributed by atoms with Gasteiger partial charge in [0.05, 0.1) is 18.4 Å². The van der Waals surface area contributed by atoms with Gasteiger partial charge >= 0.3 is 12.1 Å². The zero-order valence-corrected chi connectivity index (χ0v) is 13.6. The van der Waals surface area contributed by atoms with Crippen molar-refractivity contribution in [3.63, 3.8) is 0 Å². The van der Waals surface area contributed by atoms with Gasteiger partial charge in [-0.25, -0.2) is 4.68 Å². The molecule has 27 heavy (non-hydrogen) atoms. The molecule has 3 heterocycles. The van der Waals surface area contributed by atoms with Crippen molar-refractivity contribution in [2.75, 3.05) is 0 Å². The molecule has 0 aliphatic heterocycles. The van der Waals surface area contributed by atoms with E-state index in [2.05, 4.69) is 30.0 Å². The third kappa shape index (κ3) is 3.68. The number of hydrogen-bond acceptors (Lipinski definition) is 6. The predicted molar refractivity (Wildman–Crippen MR) is 87.1 cm³/mol. The number of alkyl halides is 3. The summed E-state index contributed by atoms with van der Waals surface area (Å²) in [7, 11) is 0. The van der Waals surface area contributed by atoms with Crippen LogP contribution in [0.25, 0.3) is 22.8 Å². The zero-order valence-electron chi connectivity index (χ0n) is 13.6. The molecule has 0 radical (unpaired) electrons. The second-order valence-electron chi connectivity index (χ2n) is 5.63. The molecule has 4 aromatic rings. The van der Waals surface area contributed by atoms with Crippen molar-refractivity contribution in [1.29, 1.82) is 0 Å². The highest BCUT2D eigenvalue weighted by Gasteiger charge is 2.38. The number of benzene rings is 1. The molecule has 0 aliphatic rings. The smallest absolute Gasteiger partial charge is 0.329 e. The first-order chi connectivity index (χ1) is 13.0. The average molecular weight is 372 g/mol. The maximum Gasteiger partial charge on any atom is 0.471 e. The maximum absolute atomic E-state index is 12.5. The van der Waals surface area contributed by atoms with Gasteiger partial charge in [-0.3, -0.25) is 4.98 Å². The molecule has 7 nitrogen and oxygen atoms in total. The van der Waals surface area contributed by atoms with Crippen LogP contribution in [0.3, 0.4) is 0 Å². The third-order valence-corrected chi connectivity index (χ3v) is 3.69. The fraction of sp³-hybridized carbons (Fsp3) is 0.118. The molecule has 0 saturated carbocycles. The van der Waals surface area contributed by atoms with Crippen LogP contribution in [-0.4, -0.2) is 30.1 Å². The Kier molecular flexibility index (Phi) is 4.15. The van der Waals surface area contributed by atoms with Crippen LogP contribution < -0.4 is 0 Å². The lowest BCUT2D eigenvalue weighted by atomic mass is 10.1. The molecule has 0 aliphatic carbocycles. The predicted octanol–water partition coefficient (Wildman–Crippen LogP) is 3.46. The molecule has 0 bridgehead atoms. The van der Waals surface area contributed by atoms with Gasteiger partial charge in [-0.05, 0) is 17.7 Å². The SMILES string of the molecule is FC(F)(F)c1nc(-c2ccc(Cn3cc(-c4ccccn4)nn3)cc2)no1. The Morgan fingerprint density at radius 2 is 1.81 bits per heavy atom. The Labute approximate surface area is 150 Å². The van der Waals surface area contributed by atoms with Crippen molar-refractivity contribution in [1.82, 2.24) is 30.1 Å². The summed E-state index contributed by atoms with van der Waals surface area (Å²) in [5.74, 6) is -1.49. The first kappa shape index (κ1) is 16.9. The molecule has 0 spiro atoms. The second-order valence-corrected chi connectivity index (χ2v) is 5.63. The minimum Gasteiger partial charge on any atom is -0.329 e. The highest BCUT2D eigenvalue weighted by Crippen LogP contribution is 2.29. The monoisotopic (exact) mass is 372 g/mol. The Morgan fingerprint density at radius 1 is 1.00 bits per heavy atom. The standard InChI is InChI=1S/C17H11F3N6O/c18-17(19,20)16-22-15(24-27-16)12-6-4-11(5-7-12)9-26-10-14(23-25-26)13-3-1-2-8-21-13/h1-8,10H,9H2. The quantitative estimate of drug-likeness (QED) is 0.546. The fourth-order valence-electron chi connectivity index (χ4n) is 2.41. The van der Waals surface area contributed by atoms with Gasteiger partial charge in [0.15, 0.2) is 0 Å². The van der Waals surface area contributed by atoms with Crippen molar-refractivity contribution in [2.45, 2.75) is 12.7 Å². The van der Waals surface area contributed by atoms with Gasteiger partial charge in [-0.1, -0.05) is 40.7 Å². The molecule has 0 amide bonds. The summed E-state index contributed by atoms with van der Waals surface area (Å²) in [6.07, 6.45) is -1.22. The Bertz CT molecular complexity index is 1040. The summed E-state index contributed by atoms with van der Waals surface area (Å²) in [6.45, 7) is 0.445.